The number of nitrogens with one attached hydrogen (secondary N) is 4. The van der Waals surface area contributed by atoms with Crippen molar-refractivity contribution >= 4 is 18.4 Å². The van der Waals surface area contributed by atoms with Crippen LogP contribution in [-0.4, -0.2) is 33.8 Å². The SMILES string of the molecule is COc1ccc(-c2[nH]ncc2CNc2nc3c(c(=O)[nH]2)CCNC3)cc1.Cl. The second kappa shape index (κ2) is 8.24. The summed E-state index contributed by atoms with van der Waals surface area (Å²) in [5, 5.41) is 13.6. The van der Waals surface area contributed by atoms with Crippen molar-refractivity contribution in [2.24, 2.45) is 0 Å². The molecule has 27 heavy (non-hydrogen) atoms. The van der Waals surface area contributed by atoms with Crippen molar-refractivity contribution in [3.8, 4) is 17.0 Å². The van der Waals surface area contributed by atoms with Crippen molar-refractivity contribution in [1.82, 2.24) is 25.5 Å². The molecule has 1 aliphatic heterocycles. The molecule has 2 aromatic heterocycles. The predicted molar refractivity (Wildman–Crippen MR) is 105 cm³/mol. The summed E-state index contributed by atoms with van der Waals surface area (Å²) in [7, 11) is 1.64. The number of ether oxygens (including phenoxy) is 1. The molecule has 0 saturated carbocycles. The highest BCUT2D eigenvalue weighted by molar-refractivity contribution is 5.85. The van der Waals surface area contributed by atoms with Gasteiger partial charge in [0, 0.05) is 29.8 Å². The van der Waals surface area contributed by atoms with Crippen molar-refractivity contribution in [3.05, 3.63) is 57.6 Å². The van der Waals surface area contributed by atoms with Gasteiger partial charge in [0.25, 0.3) is 5.56 Å². The molecule has 1 aliphatic rings. The number of rotatable bonds is 5. The number of hydrogen-bond donors (Lipinski definition) is 4. The second-order valence-corrected chi connectivity index (χ2v) is 6.12. The minimum atomic E-state index is -0.0680. The molecule has 0 amide bonds. The van der Waals surface area contributed by atoms with E-state index >= 15 is 0 Å². The van der Waals surface area contributed by atoms with Crippen LogP contribution in [0.25, 0.3) is 11.3 Å². The highest BCUT2D eigenvalue weighted by Crippen LogP contribution is 2.24. The monoisotopic (exact) mass is 388 g/mol. The fourth-order valence-corrected chi connectivity index (χ4v) is 3.08. The summed E-state index contributed by atoms with van der Waals surface area (Å²) >= 11 is 0. The summed E-state index contributed by atoms with van der Waals surface area (Å²) in [5.74, 6) is 1.27. The van der Waals surface area contributed by atoms with Gasteiger partial charge in [0.05, 0.1) is 24.7 Å². The van der Waals surface area contributed by atoms with Gasteiger partial charge in [0.1, 0.15) is 5.75 Å². The summed E-state index contributed by atoms with van der Waals surface area (Å²) in [6.07, 6.45) is 2.48. The van der Waals surface area contributed by atoms with E-state index in [4.69, 9.17) is 4.74 Å². The van der Waals surface area contributed by atoms with Gasteiger partial charge in [0.15, 0.2) is 0 Å². The van der Waals surface area contributed by atoms with Crippen LogP contribution in [0.4, 0.5) is 5.95 Å². The van der Waals surface area contributed by atoms with Crippen LogP contribution in [-0.2, 0) is 19.5 Å². The van der Waals surface area contributed by atoms with Crippen molar-refractivity contribution < 1.29 is 4.74 Å². The lowest BCUT2D eigenvalue weighted by atomic mass is 10.1. The fourth-order valence-electron chi connectivity index (χ4n) is 3.08. The second-order valence-electron chi connectivity index (χ2n) is 6.12. The molecular weight excluding hydrogens is 368 g/mol. The molecule has 9 heteroatoms. The van der Waals surface area contributed by atoms with Gasteiger partial charge in [-0.05, 0) is 37.2 Å². The molecule has 0 unspecified atom stereocenters. The number of benzene rings is 1. The zero-order chi connectivity index (χ0) is 17.9. The predicted octanol–water partition coefficient (Wildman–Crippen LogP) is 1.85. The van der Waals surface area contributed by atoms with Crippen molar-refractivity contribution in [2.45, 2.75) is 19.5 Å². The number of fused-ring (bicyclic) bond motifs is 1. The first-order valence-corrected chi connectivity index (χ1v) is 8.48. The van der Waals surface area contributed by atoms with Gasteiger partial charge in [0.2, 0.25) is 5.95 Å². The molecule has 1 aromatic carbocycles. The molecule has 4 N–H and O–H groups in total. The first-order valence-electron chi connectivity index (χ1n) is 8.48. The Balaban J connectivity index is 0.00000210. The van der Waals surface area contributed by atoms with E-state index < -0.39 is 0 Å². The van der Waals surface area contributed by atoms with Gasteiger partial charge in [-0.3, -0.25) is 14.9 Å². The summed E-state index contributed by atoms with van der Waals surface area (Å²) in [4.78, 5) is 19.5. The Kier molecular flexibility index (Phi) is 5.78. The van der Waals surface area contributed by atoms with Gasteiger partial charge < -0.3 is 15.4 Å². The number of methoxy groups -OCH3 is 1. The maximum atomic E-state index is 12.2. The first kappa shape index (κ1) is 18.9. The topological polar surface area (TPSA) is 108 Å². The zero-order valence-corrected chi connectivity index (χ0v) is 15.7. The Bertz CT molecular complexity index is 967. The van der Waals surface area contributed by atoms with E-state index in [1.165, 1.54) is 0 Å². The summed E-state index contributed by atoms with van der Waals surface area (Å²) in [6, 6.07) is 7.76. The van der Waals surface area contributed by atoms with E-state index in [2.05, 4.69) is 30.8 Å². The molecule has 3 heterocycles. The maximum Gasteiger partial charge on any atom is 0.255 e. The number of hydrogen-bond acceptors (Lipinski definition) is 6. The number of halogens is 1. The normalized spacial score (nSPS) is 12.8. The maximum absolute atomic E-state index is 12.2. The van der Waals surface area contributed by atoms with E-state index in [9.17, 15) is 4.79 Å². The number of aromatic amines is 2. The lowest BCUT2D eigenvalue weighted by Crippen LogP contribution is -2.31. The van der Waals surface area contributed by atoms with Crippen molar-refractivity contribution in [3.63, 3.8) is 0 Å². The molecule has 0 saturated heterocycles. The Morgan fingerprint density at radius 3 is 2.85 bits per heavy atom. The highest BCUT2D eigenvalue weighted by atomic mass is 35.5. The number of H-pyrrole nitrogens is 2. The zero-order valence-electron chi connectivity index (χ0n) is 14.8. The van der Waals surface area contributed by atoms with Gasteiger partial charge in [-0.1, -0.05) is 0 Å². The van der Waals surface area contributed by atoms with Crippen molar-refractivity contribution in [2.75, 3.05) is 19.0 Å². The molecule has 0 atom stereocenters. The summed E-state index contributed by atoms with van der Waals surface area (Å²) in [5.41, 5.74) is 4.43. The van der Waals surface area contributed by atoms with E-state index in [1.807, 2.05) is 24.3 Å². The van der Waals surface area contributed by atoms with Crippen LogP contribution >= 0.6 is 12.4 Å². The van der Waals surface area contributed by atoms with Crippen LogP contribution < -0.4 is 20.9 Å². The highest BCUT2D eigenvalue weighted by Gasteiger charge is 2.15. The average Bonchev–Trinajstić information content (AvgIpc) is 3.15. The van der Waals surface area contributed by atoms with Gasteiger partial charge in [-0.25, -0.2) is 4.98 Å². The number of anilines is 1. The molecule has 3 aromatic rings. The molecule has 0 bridgehead atoms. The Labute approximate surface area is 162 Å². The fraction of sp³-hybridized carbons (Fsp3) is 0.278. The molecule has 0 radical (unpaired) electrons. The third kappa shape index (κ3) is 3.96. The van der Waals surface area contributed by atoms with Crippen LogP contribution in [0.1, 0.15) is 16.8 Å². The molecule has 0 spiro atoms. The van der Waals surface area contributed by atoms with Gasteiger partial charge in [-0.15, -0.1) is 12.4 Å². The third-order valence-electron chi connectivity index (χ3n) is 4.49. The van der Waals surface area contributed by atoms with E-state index in [1.54, 1.807) is 13.3 Å². The van der Waals surface area contributed by atoms with E-state index in [0.717, 1.165) is 40.4 Å². The molecule has 0 fully saturated rings. The van der Waals surface area contributed by atoms with Crippen LogP contribution in [0.3, 0.4) is 0 Å². The van der Waals surface area contributed by atoms with Crippen LogP contribution in [0, 0.1) is 0 Å². The van der Waals surface area contributed by atoms with Crippen molar-refractivity contribution in [1.29, 1.82) is 0 Å². The first-order chi connectivity index (χ1) is 12.7. The quantitative estimate of drug-likeness (QED) is 0.531. The summed E-state index contributed by atoms with van der Waals surface area (Å²) in [6.45, 7) is 1.93. The van der Waals surface area contributed by atoms with Crippen LogP contribution in [0.2, 0.25) is 0 Å². The number of nitrogens with zero attached hydrogens (tertiary/aromatic N) is 2. The minimum Gasteiger partial charge on any atom is -0.497 e. The minimum absolute atomic E-state index is 0. The average molecular weight is 389 g/mol. The van der Waals surface area contributed by atoms with Gasteiger partial charge in [-0.2, -0.15) is 5.10 Å². The molecule has 8 nitrogen and oxygen atoms in total. The van der Waals surface area contributed by atoms with E-state index in [0.29, 0.717) is 25.5 Å². The molecular formula is C18H21ClN6O2. The van der Waals surface area contributed by atoms with Gasteiger partial charge >= 0.3 is 0 Å². The largest absolute Gasteiger partial charge is 0.497 e. The molecule has 0 aliphatic carbocycles. The Morgan fingerprint density at radius 2 is 2.07 bits per heavy atom. The Morgan fingerprint density at radius 1 is 1.26 bits per heavy atom. The molecule has 142 valence electrons. The smallest absolute Gasteiger partial charge is 0.255 e. The van der Waals surface area contributed by atoms with E-state index in [-0.39, 0.29) is 18.0 Å². The molecule has 4 rings (SSSR count). The summed E-state index contributed by atoms with van der Waals surface area (Å²) < 4.78 is 5.19. The third-order valence-corrected chi connectivity index (χ3v) is 4.49. The lowest BCUT2D eigenvalue weighted by molar-refractivity contribution is 0.415. The standard InChI is InChI=1S/C18H20N6O2.ClH/c1-26-13-4-2-11(3-5-13)16-12(9-21-24-16)8-20-18-22-15-10-19-7-6-14(15)17(25)23-18;/h2-5,9,19H,6-8,10H2,1H3,(H,21,24)(H2,20,22,23,25);1H. The van der Waals surface area contributed by atoms with Crippen LogP contribution in [0.5, 0.6) is 5.75 Å². The Hall–Kier alpha value is -2.84. The number of aromatic nitrogens is 4. The lowest BCUT2D eigenvalue weighted by Gasteiger charge is -2.16. The van der Waals surface area contributed by atoms with Crippen LogP contribution in [0.15, 0.2) is 35.3 Å².